The van der Waals surface area contributed by atoms with E-state index in [2.05, 4.69) is 11.4 Å². The zero-order chi connectivity index (χ0) is 15.5. The molecule has 0 heterocycles. The summed E-state index contributed by atoms with van der Waals surface area (Å²) in [6, 6.07) is 12.4. The maximum atomic E-state index is 12.5. The largest absolute Gasteiger partial charge is 0.416 e. The van der Waals surface area contributed by atoms with E-state index in [4.69, 9.17) is 5.26 Å². The van der Waals surface area contributed by atoms with Gasteiger partial charge < -0.3 is 5.32 Å². The van der Waals surface area contributed by atoms with Gasteiger partial charge in [-0.25, -0.2) is 0 Å². The molecule has 108 valence electrons. The highest BCUT2D eigenvalue weighted by Gasteiger charge is 2.29. The van der Waals surface area contributed by atoms with Crippen LogP contribution in [0.2, 0.25) is 0 Å². The Labute approximate surface area is 120 Å². The summed E-state index contributed by atoms with van der Waals surface area (Å²) in [5, 5.41) is 12.1. The van der Waals surface area contributed by atoms with Crippen LogP contribution in [0.15, 0.2) is 42.5 Å². The molecule has 0 saturated heterocycles. The van der Waals surface area contributed by atoms with Crippen molar-refractivity contribution in [3.63, 3.8) is 0 Å². The van der Waals surface area contributed by atoms with Crippen molar-refractivity contribution in [2.24, 2.45) is 0 Å². The number of aryl methyl sites for hydroxylation is 1. The van der Waals surface area contributed by atoms with Gasteiger partial charge in [0.25, 0.3) is 0 Å². The summed E-state index contributed by atoms with van der Waals surface area (Å²) in [5.41, 5.74) is 2.24. The molecule has 0 bridgehead atoms. The first-order valence-electron chi connectivity index (χ1n) is 6.31. The quantitative estimate of drug-likeness (QED) is 0.903. The van der Waals surface area contributed by atoms with Crippen molar-refractivity contribution < 1.29 is 13.2 Å². The highest BCUT2D eigenvalue weighted by molar-refractivity contribution is 5.59. The van der Waals surface area contributed by atoms with Gasteiger partial charge in [-0.15, -0.1) is 0 Å². The molecule has 0 radical (unpaired) electrons. The Morgan fingerprint density at radius 2 is 1.76 bits per heavy atom. The molecule has 0 unspecified atom stereocenters. The van der Waals surface area contributed by atoms with Crippen molar-refractivity contribution in [3.8, 4) is 6.07 Å². The maximum absolute atomic E-state index is 12.5. The summed E-state index contributed by atoms with van der Waals surface area (Å²) in [5.74, 6) is 0. The molecule has 0 atom stereocenters. The molecule has 0 aliphatic rings. The van der Waals surface area contributed by atoms with Gasteiger partial charge in [-0.1, -0.05) is 18.2 Å². The topological polar surface area (TPSA) is 35.8 Å². The lowest BCUT2D eigenvalue weighted by Gasteiger charge is -2.11. The molecule has 0 fully saturated rings. The number of hydrogen-bond donors (Lipinski definition) is 1. The molecule has 0 aliphatic heterocycles. The van der Waals surface area contributed by atoms with E-state index in [9.17, 15) is 13.2 Å². The number of benzene rings is 2. The molecule has 5 heteroatoms. The third-order valence-corrected chi connectivity index (χ3v) is 3.06. The van der Waals surface area contributed by atoms with Crippen molar-refractivity contribution >= 4 is 5.69 Å². The zero-order valence-corrected chi connectivity index (χ0v) is 11.3. The zero-order valence-electron chi connectivity index (χ0n) is 11.3. The first-order valence-corrected chi connectivity index (χ1v) is 6.31. The molecule has 1 N–H and O–H groups in total. The SMILES string of the molecule is Cc1ccc(C#N)c(NCc2ccc(C(F)(F)F)cc2)c1. The average molecular weight is 290 g/mol. The lowest BCUT2D eigenvalue weighted by atomic mass is 10.1. The Balaban J connectivity index is 2.10. The van der Waals surface area contributed by atoms with Gasteiger partial charge in [0.2, 0.25) is 0 Å². The van der Waals surface area contributed by atoms with Crippen molar-refractivity contribution in [1.29, 1.82) is 5.26 Å². The van der Waals surface area contributed by atoms with Gasteiger partial charge in [0, 0.05) is 6.54 Å². The van der Waals surface area contributed by atoms with Crippen LogP contribution in [0, 0.1) is 18.3 Å². The van der Waals surface area contributed by atoms with E-state index in [-0.39, 0.29) is 0 Å². The van der Waals surface area contributed by atoms with E-state index >= 15 is 0 Å². The maximum Gasteiger partial charge on any atom is 0.416 e. The highest BCUT2D eigenvalue weighted by atomic mass is 19.4. The normalized spacial score (nSPS) is 11.0. The Kier molecular flexibility index (Phi) is 4.18. The lowest BCUT2D eigenvalue weighted by molar-refractivity contribution is -0.137. The van der Waals surface area contributed by atoms with Crippen LogP contribution < -0.4 is 5.32 Å². The number of nitrogens with zero attached hydrogens (tertiary/aromatic N) is 1. The third kappa shape index (κ3) is 3.76. The summed E-state index contributed by atoms with van der Waals surface area (Å²) in [4.78, 5) is 0. The molecule has 2 aromatic rings. The minimum absolute atomic E-state index is 0.357. The van der Waals surface area contributed by atoms with Gasteiger partial charge in [0.1, 0.15) is 6.07 Å². The van der Waals surface area contributed by atoms with Gasteiger partial charge in [0.15, 0.2) is 0 Å². The summed E-state index contributed by atoms with van der Waals surface area (Å²) < 4.78 is 37.4. The second-order valence-corrected chi connectivity index (χ2v) is 4.71. The van der Waals surface area contributed by atoms with E-state index in [0.29, 0.717) is 23.4 Å². The average Bonchev–Trinajstić information content (AvgIpc) is 2.45. The third-order valence-electron chi connectivity index (χ3n) is 3.06. The van der Waals surface area contributed by atoms with Crippen LogP contribution >= 0.6 is 0 Å². The summed E-state index contributed by atoms with van der Waals surface area (Å²) in [7, 11) is 0. The van der Waals surface area contributed by atoms with Gasteiger partial charge in [-0.3, -0.25) is 0 Å². The molecule has 0 saturated carbocycles. The van der Waals surface area contributed by atoms with Gasteiger partial charge in [-0.05, 0) is 42.3 Å². The standard InChI is InChI=1S/C16H13F3N2/c1-11-2-5-13(9-20)15(8-11)21-10-12-3-6-14(7-4-12)16(17,18)19/h2-8,21H,10H2,1H3. The number of nitrogens with one attached hydrogen (secondary N) is 1. The first-order chi connectivity index (χ1) is 9.90. The van der Waals surface area contributed by atoms with Crippen LogP contribution in [0.1, 0.15) is 22.3 Å². The monoisotopic (exact) mass is 290 g/mol. The molecule has 2 aromatic carbocycles. The first kappa shape index (κ1) is 14.9. The van der Waals surface area contributed by atoms with Crippen LogP contribution in [-0.4, -0.2) is 0 Å². The Bertz CT molecular complexity index is 667. The number of halogens is 3. The summed E-state index contributed by atoms with van der Waals surface area (Å²) in [6.07, 6.45) is -4.32. The number of nitriles is 1. The minimum Gasteiger partial charge on any atom is -0.380 e. The van der Waals surface area contributed by atoms with Crippen molar-refractivity contribution in [2.75, 3.05) is 5.32 Å². The van der Waals surface area contributed by atoms with E-state index in [0.717, 1.165) is 17.7 Å². The molecule has 0 spiro atoms. The van der Waals surface area contributed by atoms with Crippen molar-refractivity contribution in [3.05, 3.63) is 64.7 Å². The predicted molar refractivity (Wildman–Crippen MR) is 74.7 cm³/mol. The number of hydrogen-bond acceptors (Lipinski definition) is 2. The van der Waals surface area contributed by atoms with Gasteiger partial charge in [-0.2, -0.15) is 18.4 Å². The molecule has 0 amide bonds. The van der Waals surface area contributed by atoms with E-state index < -0.39 is 11.7 Å². The van der Waals surface area contributed by atoms with E-state index in [1.54, 1.807) is 6.07 Å². The van der Waals surface area contributed by atoms with Crippen LogP contribution in [0.3, 0.4) is 0 Å². The fourth-order valence-corrected chi connectivity index (χ4v) is 1.91. The smallest absolute Gasteiger partial charge is 0.380 e. The fourth-order valence-electron chi connectivity index (χ4n) is 1.91. The molecule has 2 rings (SSSR count). The summed E-state index contributed by atoms with van der Waals surface area (Å²) in [6.45, 7) is 2.26. The van der Waals surface area contributed by atoms with Crippen molar-refractivity contribution in [2.45, 2.75) is 19.6 Å². The number of alkyl halides is 3. The molecular weight excluding hydrogens is 277 g/mol. The predicted octanol–water partition coefficient (Wildman–Crippen LogP) is 4.50. The fraction of sp³-hybridized carbons (Fsp3) is 0.188. The van der Waals surface area contributed by atoms with Crippen molar-refractivity contribution in [1.82, 2.24) is 0 Å². The van der Waals surface area contributed by atoms with E-state index in [1.807, 2.05) is 19.1 Å². The second-order valence-electron chi connectivity index (χ2n) is 4.71. The van der Waals surface area contributed by atoms with Crippen LogP contribution in [0.5, 0.6) is 0 Å². The number of rotatable bonds is 3. The highest BCUT2D eigenvalue weighted by Crippen LogP contribution is 2.29. The van der Waals surface area contributed by atoms with Gasteiger partial charge in [0.05, 0.1) is 16.8 Å². The summed E-state index contributed by atoms with van der Waals surface area (Å²) >= 11 is 0. The Hall–Kier alpha value is -2.48. The van der Waals surface area contributed by atoms with Gasteiger partial charge >= 0.3 is 6.18 Å². The lowest BCUT2D eigenvalue weighted by Crippen LogP contribution is -2.06. The van der Waals surface area contributed by atoms with Crippen LogP contribution in [0.25, 0.3) is 0 Å². The van der Waals surface area contributed by atoms with Crippen LogP contribution in [0.4, 0.5) is 18.9 Å². The minimum atomic E-state index is -4.32. The molecule has 0 aliphatic carbocycles. The second kappa shape index (κ2) is 5.88. The Morgan fingerprint density at radius 1 is 1.10 bits per heavy atom. The molecular formula is C16H13F3N2. The molecule has 21 heavy (non-hydrogen) atoms. The van der Waals surface area contributed by atoms with Crippen LogP contribution in [-0.2, 0) is 12.7 Å². The number of anilines is 1. The molecule has 0 aromatic heterocycles. The van der Waals surface area contributed by atoms with E-state index in [1.165, 1.54) is 12.1 Å². The molecule has 2 nitrogen and oxygen atoms in total. The Morgan fingerprint density at radius 3 is 2.33 bits per heavy atom.